The van der Waals surface area contributed by atoms with Gasteiger partial charge in [0, 0.05) is 18.8 Å². The second kappa shape index (κ2) is 12.8. The van der Waals surface area contributed by atoms with Crippen molar-refractivity contribution in [2.75, 3.05) is 38.2 Å². The van der Waals surface area contributed by atoms with Crippen molar-refractivity contribution >= 4 is 23.8 Å². The van der Waals surface area contributed by atoms with Crippen LogP contribution in [0.3, 0.4) is 0 Å². The minimum absolute atomic E-state index is 0.0134. The van der Waals surface area contributed by atoms with E-state index in [1.165, 1.54) is 30.4 Å². The number of esters is 1. The first-order chi connectivity index (χ1) is 19.4. The monoisotopic (exact) mass is 548 g/mol. The van der Waals surface area contributed by atoms with Crippen LogP contribution in [-0.2, 0) is 27.2 Å². The molecule has 1 aromatic carbocycles. The number of aryl methyl sites for hydroxylation is 2. The molecular formula is C31H40N4O5. The van der Waals surface area contributed by atoms with Gasteiger partial charge in [-0.05, 0) is 93.1 Å². The van der Waals surface area contributed by atoms with Crippen molar-refractivity contribution in [3.8, 4) is 0 Å². The predicted molar refractivity (Wildman–Crippen MR) is 151 cm³/mol. The highest BCUT2D eigenvalue weighted by atomic mass is 16.5. The second-order valence-electron chi connectivity index (χ2n) is 11.4. The van der Waals surface area contributed by atoms with E-state index in [4.69, 9.17) is 4.74 Å². The first-order valence-electron chi connectivity index (χ1n) is 14.6. The zero-order valence-corrected chi connectivity index (χ0v) is 23.3. The summed E-state index contributed by atoms with van der Waals surface area (Å²) in [6.07, 6.45) is 6.63. The maximum Gasteiger partial charge on any atom is 0.413 e. The predicted octanol–water partition coefficient (Wildman–Crippen LogP) is 4.45. The SMILES string of the molecule is COC(=O)C[C@H](NC(=O)[C@@H]1CCCN(CCCc2ccc3c(n2)N(C(=O)O)CCC3)C1)c1cccc(C2CC2)c1. The van der Waals surface area contributed by atoms with Crippen molar-refractivity contribution in [2.45, 2.75) is 69.7 Å². The van der Waals surface area contributed by atoms with E-state index in [0.717, 1.165) is 68.4 Å². The molecule has 2 aromatic rings. The van der Waals surface area contributed by atoms with Crippen molar-refractivity contribution < 1.29 is 24.2 Å². The van der Waals surface area contributed by atoms with Gasteiger partial charge >= 0.3 is 12.1 Å². The van der Waals surface area contributed by atoms with Crippen molar-refractivity contribution in [1.82, 2.24) is 15.2 Å². The van der Waals surface area contributed by atoms with Crippen LogP contribution in [0, 0.1) is 5.92 Å². The summed E-state index contributed by atoms with van der Waals surface area (Å²) in [6, 6.07) is 11.9. The summed E-state index contributed by atoms with van der Waals surface area (Å²) >= 11 is 0. The summed E-state index contributed by atoms with van der Waals surface area (Å²) < 4.78 is 4.93. The quantitative estimate of drug-likeness (QED) is 0.422. The minimum Gasteiger partial charge on any atom is -0.469 e. The van der Waals surface area contributed by atoms with E-state index in [2.05, 4.69) is 27.3 Å². The zero-order chi connectivity index (χ0) is 28.1. The number of hydrogen-bond acceptors (Lipinski definition) is 6. The lowest BCUT2D eigenvalue weighted by atomic mass is 9.94. The Hall–Kier alpha value is -3.46. The van der Waals surface area contributed by atoms with Crippen LogP contribution >= 0.6 is 0 Å². The van der Waals surface area contributed by atoms with Crippen LogP contribution in [0.1, 0.15) is 79.3 Å². The number of carbonyl (C=O) groups excluding carboxylic acids is 2. The molecule has 2 atom stereocenters. The number of hydrogen-bond donors (Lipinski definition) is 2. The van der Waals surface area contributed by atoms with E-state index in [1.807, 2.05) is 24.3 Å². The molecule has 1 saturated carbocycles. The van der Waals surface area contributed by atoms with Gasteiger partial charge in [-0.15, -0.1) is 0 Å². The molecule has 2 fully saturated rings. The Morgan fingerprint density at radius 2 is 1.98 bits per heavy atom. The number of piperidine rings is 1. The average Bonchev–Trinajstić information content (AvgIpc) is 3.82. The maximum atomic E-state index is 13.4. The molecule has 0 radical (unpaired) electrons. The van der Waals surface area contributed by atoms with E-state index >= 15 is 0 Å². The van der Waals surface area contributed by atoms with Gasteiger partial charge in [-0.1, -0.05) is 30.3 Å². The molecule has 5 rings (SSSR count). The number of carboxylic acid groups (broad SMARTS) is 1. The number of nitrogens with zero attached hydrogens (tertiary/aromatic N) is 3. The Kier molecular flexibility index (Phi) is 8.99. The molecule has 2 amide bonds. The van der Waals surface area contributed by atoms with Crippen molar-refractivity contribution in [1.29, 1.82) is 0 Å². The summed E-state index contributed by atoms with van der Waals surface area (Å²) in [5.74, 6) is 0.686. The Bertz CT molecular complexity index is 1230. The van der Waals surface area contributed by atoms with Gasteiger partial charge in [0.1, 0.15) is 5.82 Å². The Morgan fingerprint density at radius 3 is 2.75 bits per heavy atom. The number of pyridine rings is 1. The van der Waals surface area contributed by atoms with Crippen molar-refractivity contribution in [3.05, 3.63) is 58.8 Å². The number of aromatic nitrogens is 1. The lowest BCUT2D eigenvalue weighted by Crippen LogP contribution is -2.44. The number of likely N-dealkylation sites (tertiary alicyclic amines) is 1. The first kappa shape index (κ1) is 28.1. The third-order valence-corrected chi connectivity index (χ3v) is 8.39. The first-order valence-corrected chi connectivity index (χ1v) is 14.6. The second-order valence-corrected chi connectivity index (χ2v) is 11.4. The molecule has 2 aliphatic heterocycles. The third-order valence-electron chi connectivity index (χ3n) is 8.39. The number of rotatable bonds is 10. The molecule has 9 heteroatoms. The average molecular weight is 549 g/mol. The van der Waals surface area contributed by atoms with Gasteiger partial charge < -0.3 is 20.1 Å². The number of fused-ring (bicyclic) bond motifs is 1. The fraction of sp³-hybridized carbons (Fsp3) is 0.548. The van der Waals surface area contributed by atoms with Gasteiger partial charge in [-0.25, -0.2) is 9.78 Å². The van der Waals surface area contributed by atoms with Gasteiger partial charge in [-0.3, -0.25) is 14.5 Å². The molecular weight excluding hydrogens is 508 g/mol. The van der Waals surface area contributed by atoms with Gasteiger partial charge in [0.15, 0.2) is 0 Å². The molecule has 0 spiro atoms. The minimum atomic E-state index is -0.951. The van der Waals surface area contributed by atoms with Gasteiger partial charge in [-0.2, -0.15) is 0 Å². The summed E-state index contributed by atoms with van der Waals surface area (Å²) in [4.78, 5) is 45.6. The Balaban J connectivity index is 1.16. The molecule has 0 unspecified atom stereocenters. The van der Waals surface area contributed by atoms with E-state index in [-0.39, 0.29) is 24.2 Å². The number of anilines is 1. The van der Waals surface area contributed by atoms with E-state index < -0.39 is 12.1 Å². The fourth-order valence-corrected chi connectivity index (χ4v) is 6.00. The van der Waals surface area contributed by atoms with Crippen LogP contribution < -0.4 is 10.2 Å². The molecule has 40 heavy (non-hydrogen) atoms. The number of benzene rings is 1. The fourth-order valence-electron chi connectivity index (χ4n) is 6.00. The Morgan fingerprint density at radius 1 is 1.12 bits per heavy atom. The summed E-state index contributed by atoms with van der Waals surface area (Å²) in [5.41, 5.74) is 4.12. The van der Waals surface area contributed by atoms with Crippen LogP contribution in [0.4, 0.5) is 10.6 Å². The molecule has 9 nitrogen and oxygen atoms in total. The molecule has 0 bridgehead atoms. The van der Waals surface area contributed by atoms with Crippen LogP contribution in [0.5, 0.6) is 0 Å². The lowest BCUT2D eigenvalue weighted by Gasteiger charge is -2.33. The molecule has 1 saturated heterocycles. The molecule has 2 N–H and O–H groups in total. The third kappa shape index (κ3) is 6.99. The number of ether oxygens (including phenoxy) is 1. The van der Waals surface area contributed by atoms with E-state index in [9.17, 15) is 19.5 Å². The smallest absolute Gasteiger partial charge is 0.413 e. The normalized spacial score (nSPS) is 19.9. The number of nitrogens with one attached hydrogen (secondary N) is 1. The summed E-state index contributed by atoms with van der Waals surface area (Å²) in [5, 5.41) is 12.7. The molecule has 1 aliphatic carbocycles. The molecule has 1 aromatic heterocycles. The van der Waals surface area contributed by atoms with Crippen LogP contribution in [-0.4, -0.2) is 66.2 Å². The van der Waals surface area contributed by atoms with E-state index in [0.29, 0.717) is 24.8 Å². The van der Waals surface area contributed by atoms with Crippen LogP contribution in [0.15, 0.2) is 36.4 Å². The highest BCUT2D eigenvalue weighted by molar-refractivity contribution is 5.86. The topological polar surface area (TPSA) is 112 Å². The van der Waals surface area contributed by atoms with Crippen LogP contribution in [0.2, 0.25) is 0 Å². The van der Waals surface area contributed by atoms with E-state index in [1.54, 1.807) is 0 Å². The molecule has 3 heterocycles. The molecule has 214 valence electrons. The summed E-state index contributed by atoms with van der Waals surface area (Å²) in [6.45, 7) is 2.97. The van der Waals surface area contributed by atoms with Crippen molar-refractivity contribution in [2.24, 2.45) is 5.92 Å². The lowest BCUT2D eigenvalue weighted by molar-refractivity contribution is -0.141. The standard InChI is InChI=1S/C31H40N4O5/c1-40-28(36)19-27(24-7-2-6-23(18-24)21-11-12-21)33-30(37)25-9-3-15-34(20-25)16-5-10-26-14-13-22-8-4-17-35(31(38)39)29(22)32-26/h2,6-7,13-14,18,21,25,27H,3-5,8-12,15-17,19-20H2,1H3,(H,33,37)(H,38,39)/t25-,27+/m1/s1. The molecule has 3 aliphatic rings. The van der Waals surface area contributed by atoms with Crippen molar-refractivity contribution in [3.63, 3.8) is 0 Å². The van der Waals surface area contributed by atoms with Gasteiger partial charge in [0.25, 0.3) is 0 Å². The van der Waals surface area contributed by atoms with Gasteiger partial charge in [0.2, 0.25) is 5.91 Å². The zero-order valence-electron chi connectivity index (χ0n) is 23.3. The van der Waals surface area contributed by atoms with Gasteiger partial charge in [0.05, 0.1) is 25.5 Å². The summed E-state index contributed by atoms with van der Waals surface area (Å²) in [7, 11) is 1.38. The number of amides is 2. The highest BCUT2D eigenvalue weighted by Crippen LogP contribution is 2.40. The largest absolute Gasteiger partial charge is 0.469 e. The highest BCUT2D eigenvalue weighted by Gasteiger charge is 2.30. The Labute approximate surface area is 235 Å². The maximum absolute atomic E-state index is 13.4. The van der Waals surface area contributed by atoms with Crippen LogP contribution in [0.25, 0.3) is 0 Å². The number of carbonyl (C=O) groups is 3. The number of methoxy groups -OCH3 is 1.